The number of amides is 1. The van der Waals surface area contributed by atoms with Crippen molar-refractivity contribution in [2.75, 3.05) is 5.32 Å². The number of nitrogens with one attached hydrogen (secondary N) is 2. The van der Waals surface area contributed by atoms with E-state index in [0.717, 1.165) is 11.1 Å². The molecule has 4 aromatic rings. The Hall–Kier alpha value is -3.72. The van der Waals surface area contributed by atoms with E-state index in [1.165, 1.54) is 24.3 Å². The van der Waals surface area contributed by atoms with Crippen LogP contribution in [0, 0.1) is 6.92 Å². The average Bonchev–Trinajstić information content (AvgIpc) is 3.39. The summed E-state index contributed by atoms with van der Waals surface area (Å²) in [4.78, 5) is 16.8. The Morgan fingerprint density at radius 3 is 2.50 bits per heavy atom. The van der Waals surface area contributed by atoms with Crippen molar-refractivity contribution in [3.05, 3.63) is 83.8 Å². The third-order valence-corrected chi connectivity index (χ3v) is 6.01. The van der Waals surface area contributed by atoms with Gasteiger partial charge in [0, 0.05) is 5.56 Å². The van der Waals surface area contributed by atoms with E-state index >= 15 is 0 Å². The molecule has 2 heterocycles. The molecule has 2 aromatic heterocycles. The van der Waals surface area contributed by atoms with Gasteiger partial charge in [-0.1, -0.05) is 48.0 Å². The maximum atomic E-state index is 12.4. The Morgan fingerprint density at radius 1 is 1.03 bits per heavy atom. The van der Waals surface area contributed by atoms with Crippen molar-refractivity contribution in [1.82, 2.24) is 15.2 Å². The number of aromatic amines is 1. The van der Waals surface area contributed by atoms with Gasteiger partial charge in [-0.05, 0) is 31.2 Å². The molecule has 0 saturated heterocycles. The Bertz CT molecular complexity index is 1280. The van der Waals surface area contributed by atoms with Crippen LogP contribution in [0.3, 0.4) is 0 Å². The first-order chi connectivity index (χ1) is 14.4. The van der Waals surface area contributed by atoms with E-state index in [0.29, 0.717) is 5.82 Å². The summed E-state index contributed by atoms with van der Waals surface area (Å²) in [5.74, 6) is -0.186. The van der Waals surface area contributed by atoms with E-state index in [9.17, 15) is 13.2 Å². The van der Waals surface area contributed by atoms with Gasteiger partial charge in [-0.3, -0.25) is 15.2 Å². The number of rotatable bonds is 6. The molecule has 2 N–H and O–H groups in total. The Labute approximate surface area is 172 Å². The van der Waals surface area contributed by atoms with E-state index in [1.807, 2.05) is 31.2 Å². The third-order valence-electron chi connectivity index (χ3n) is 4.36. The molecule has 0 aliphatic rings. The molecule has 30 heavy (non-hydrogen) atoms. The number of furan rings is 1. The van der Waals surface area contributed by atoms with E-state index in [4.69, 9.17) is 4.42 Å². The van der Waals surface area contributed by atoms with Crippen molar-refractivity contribution in [1.29, 1.82) is 0 Å². The zero-order chi connectivity index (χ0) is 21.1. The second-order valence-corrected chi connectivity index (χ2v) is 8.66. The van der Waals surface area contributed by atoms with Gasteiger partial charge >= 0.3 is 0 Å². The highest BCUT2D eigenvalue weighted by Gasteiger charge is 2.20. The van der Waals surface area contributed by atoms with Crippen LogP contribution in [0.25, 0.3) is 11.4 Å². The number of nitrogens with zero attached hydrogens (tertiary/aromatic N) is 2. The molecule has 8 nitrogen and oxygen atoms in total. The number of H-pyrrole nitrogens is 1. The molecular formula is C21H18N4O4S. The van der Waals surface area contributed by atoms with Gasteiger partial charge in [0.15, 0.2) is 21.4 Å². The highest BCUT2D eigenvalue weighted by molar-refractivity contribution is 7.90. The highest BCUT2D eigenvalue weighted by atomic mass is 32.2. The fourth-order valence-corrected chi connectivity index (χ4v) is 4.07. The Morgan fingerprint density at radius 2 is 1.77 bits per heavy atom. The van der Waals surface area contributed by atoms with Crippen molar-refractivity contribution >= 4 is 21.7 Å². The Kier molecular flexibility index (Phi) is 5.20. The molecule has 0 radical (unpaired) electrons. The molecule has 0 aliphatic carbocycles. The summed E-state index contributed by atoms with van der Waals surface area (Å²) in [6, 6.07) is 18.6. The number of carbonyl (C=O) groups is 1. The number of hydrogen-bond donors (Lipinski definition) is 2. The van der Waals surface area contributed by atoms with E-state index in [1.54, 1.807) is 18.2 Å². The molecule has 0 saturated carbocycles. The van der Waals surface area contributed by atoms with Crippen LogP contribution in [-0.2, 0) is 15.6 Å². The number of aryl methyl sites for hydroxylation is 1. The number of benzene rings is 2. The fraction of sp³-hybridized carbons (Fsp3) is 0.0952. The lowest BCUT2D eigenvalue weighted by atomic mass is 10.1. The first kappa shape index (κ1) is 19.6. The van der Waals surface area contributed by atoms with Gasteiger partial charge in [0.05, 0.1) is 4.90 Å². The topological polar surface area (TPSA) is 118 Å². The lowest BCUT2D eigenvalue weighted by molar-refractivity contribution is 0.0994. The molecule has 0 aliphatic heterocycles. The van der Waals surface area contributed by atoms with Crippen LogP contribution in [0.5, 0.6) is 0 Å². The van der Waals surface area contributed by atoms with Crippen LogP contribution in [0.1, 0.15) is 21.9 Å². The quantitative estimate of drug-likeness (QED) is 0.490. The lowest BCUT2D eigenvalue weighted by Crippen LogP contribution is -2.12. The van der Waals surface area contributed by atoms with Gasteiger partial charge in [-0.25, -0.2) is 8.42 Å². The van der Waals surface area contributed by atoms with Gasteiger partial charge in [0.25, 0.3) is 5.91 Å². The van der Waals surface area contributed by atoms with Gasteiger partial charge < -0.3 is 4.42 Å². The molecule has 9 heteroatoms. The SMILES string of the molecule is Cc1ccc(-c2nc(NC(=O)c3ccc(CS(=O)(=O)c4ccccc4)o3)n[nH]2)cc1. The van der Waals surface area contributed by atoms with Gasteiger partial charge in [-0.15, -0.1) is 5.10 Å². The zero-order valence-corrected chi connectivity index (χ0v) is 16.8. The van der Waals surface area contributed by atoms with Crippen molar-refractivity contribution in [3.8, 4) is 11.4 Å². The minimum absolute atomic E-state index is 0.0325. The molecule has 0 bridgehead atoms. The van der Waals surface area contributed by atoms with Crippen LogP contribution in [0.15, 0.2) is 76.0 Å². The van der Waals surface area contributed by atoms with Crippen molar-refractivity contribution in [2.24, 2.45) is 0 Å². The largest absolute Gasteiger partial charge is 0.455 e. The second kappa shape index (κ2) is 7.96. The first-order valence-electron chi connectivity index (χ1n) is 9.08. The summed E-state index contributed by atoms with van der Waals surface area (Å²) in [6.07, 6.45) is 0. The predicted molar refractivity (Wildman–Crippen MR) is 111 cm³/mol. The number of aromatic nitrogens is 3. The normalized spacial score (nSPS) is 11.4. The van der Waals surface area contributed by atoms with E-state index in [-0.39, 0.29) is 28.1 Å². The minimum atomic E-state index is -3.57. The fourth-order valence-electron chi connectivity index (χ4n) is 2.80. The first-order valence-corrected chi connectivity index (χ1v) is 10.7. The van der Waals surface area contributed by atoms with Gasteiger partial charge in [0.1, 0.15) is 11.5 Å². The van der Waals surface area contributed by atoms with Crippen LogP contribution >= 0.6 is 0 Å². The summed E-state index contributed by atoms with van der Waals surface area (Å²) in [6.45, 7) is 1.98. The molecule has 0 atom stereocenters. The second-order valence-electron chi connectivity index (χ2n) is 6.67. The van der Waals surface area contributed by atoms with Crippen LogP contribution in [0.2, 0.25) is 0 Å². The number of sulfone groups is 1. The monoisotopic (exact) mass is 422 g/mol. The predicted octanol–water partition coefficient (Wildman–Crippen LogP) is 3.60. The molecular weight excluding hydrogens is 404 g/mol. The molecule has 152 valence electrons. The summed E-state index contributed by atoms with van der Waals surface area (Å²) < 4.78 is 30.3. The summed E-state index contributed by atoms with van der Waals surface area (Å²) in [7, 11) is -3.57. The third kappa shape index (κ3) is 4.31. The standard InChI is InChI=1S/C21H18N4O4S/c1-14-7-9-15(10-8-14)19-22-21(25-24-19)23-20(26)18-12-11-16(29-18)13-30(27,28)17-5-3-2-4-6-17/h2-12H,13H2,1H3,(H2,22,23,24,25,26). The summed E-state index contributed by atoms with van der Waals surface area (Å²) in [5.41, 5.74) is 1.95. The van der Waals surface area contributed by atoms with E-state index < -0.39 is 15.7 Å². The van der Waals surface area contributed by atoms with Gasteiger partial charge in [-0.2, -0.15) is 4.98 Å². The molecule has 4 rings (SSSR count). The number of carbonyl (C=O) groups excluding carboxylic acids is 1. The number of hydrogen-bond acceptors (Lipinski definition) is 6. The Balaban J connectivity index is 1.44. The summed E-state index contributed by atoms with van der Waals surface area (Å²) in [5, 5.41) is 9.28. The molecule has 0 fully saturated rings. The van der Waals surface area contributed by atoms with Gasteiger partial charge in [0.2, 0.25) is 5.95 Å². The maximum Gasteiger partial charge on any atom is 0.293 e. The molecule has 0 spiro atoms. The van der Waals surface area contributed by atoms with Crippen LogP contribution in [-0.4, -0.2) is 29.5 Å². The number of anilines is 1. The minimum Gasteiger partial charge on any atom is -0.455 e. The summed E-state index contributed by atoms with van der Waals surface area (Å²) >= 11 is 0. The maximum absolute atomic E-state index is 12.4. The van der Waals surface area contributed by atoms with E-state index in [2.05, 4.69) is 20.5 Å². The molecule has 1 amide bonds. The van der Waals surface area contributed by atoms with Crippen molar-refractivity contribution < 1.29 is 17.6 Å². The van der Waals surface area contributed by atoms with Crippen molar-refractivity contribution in [3.63, 3.8) is 0 Å². The molecule has 2 aromatic carbocycles. The highest BCUT2D eigenvalue weighted by Crippen LogP contribution is 2.19. The smallest absolute Gasteiger partial charge is 0.293 e. The van der Waals surface area contributed by atoms with Crippen LogP contribution in [0.4, 0.5) is 5.95 Å². The zero-order valence-electron chi connectivity index (χ0n) is 16.0. The average molecular weight is 422 g/mol. The lowest BCUT2D eigenvalue weighted by Gasteiger charge is -2.02. The molecule has 0 unspecified atom stereocenters. The van der Waals surface area contributed by atoms with Crippen LogP contribution < -0.4 is 5.32 Å². The van der Waals surface area contributed by atoms with Crippen molar-refractivity contribution in [2.45, 2.75) is 17.6 Å².